The molecule has 1 aromatic heterocycles. The molecule has 0 fully saturated rings. The van der Waals surface area contributed by atoms with Crippen molar-refractivity contribution in [3.8, 4) is 11.3 Å². The van der Waals surface area contributed by atoms with Crippen molar-refractivity contribution < 1.29 is 4.79 Å². The lowest BCUT2D eigenvalue weighted by molar-refractivity contribution is 0.102. The van der Waals surface area contributed by atoms with E-state index in [1.54, 1.807) is 6.07 Å². The maximum Gasteiger partial charge on any atom is 0.255 e. The van der Waals surface area contributed by atoms with Gasteiger partial charge in [-0.1, -0.05) is 36.4 Å². The van der Waals surface area contributed by atoms with Crippen molar-refractivity contribution in [3.63, 3.8) is 0 Å². The molecule has 3 rings (SSSR count). The highest BCUT2D eigenvalue weighted by atomic mass is 16.2. The Balaban J connectivity index is 1.91. The van der Waals surface area contributed by atoms with Crippen LogP contribution in [0.5, 0.6) is 0 Å². The van der Waals surface area contributed by atoms with Gasteiger partial charge in [-0.2, -0.15) is 0 Å². The number of nitrogens with one attached hydrogen (secondary N) is 2. The first-order valence-corrected chi connectivity index (χ1v) is 7.97. The van der Waals surface area contributed by atoms with Crippen LogP contribution >= 0.6 is 0 Å². The highest BCUT2D eigenvalue weighted by Crippen LogP contribution is 2.18. The van der Waals surface area contributed by atoms with Crippen molar-refractivity contribution in [2.24, 2.45) is 5.73 Å². The van der Waals surface area contributed by atoms with Gasteiger partial charge in [0.1, 0.15) is 0 Å². The maximum atomic E-state index is 12.6. The number of H-pyrrole nitrogens is 1. The minimum atomic E-state index is -0.336. The molecule has 0 atom stereocenters. The quantitative estimate of drug-likeness (QED) is 0.685. The summed E-state index contributed by atoms with van der Waals surface area (Å²) in [5, 5.41) is 2.83. The lowest BCUT2D eigenvalue weighted by Gasteiger charge is -2.09. The van der Waals surface area contributed by atoms with Crippen LogP contribution in [0.1, 0.15) is 21.5 Å². The Labute approximate surface area is 145 Å². The zero-order chi connectivity index (χ0) is 17.8. The third kappa shape index (κ3) is 4.02. The van der Waals surface area contributed by atoms with E-state index in [1.807, 2.05) is 55.5 Å². The van der Waals surface area contributed by atoms with Gasteiger partial charge in [-0.05, 0) is 41.8 Å². The summed E-state index contributed by atoms with van der Waals surface area (Å²) in [6.07, 6.45) is 0. The molecule has 0 radical (unpaired) electrons. The van der Waals surface area contributed by atoms with Gasteiger partial charge in [-0.3, -0.25) is 9.59 Å². The van der Waals surface area contributed by atoms with Gasteiger partial charge in [-0.15, -0.1) is 0 Å². The molecule has 0 unspecified atom stereocenters. The Hall–Kier alpha value is -3.18. The van der Waals surface area contributed by atoms with Crippen molar-refractivity contribution in [2.45, 2.75) is 13.5 Å². The molecular formula is C20H19N3O2. The number of anilines is 1. The normalized spacial score (nSPS) is 10.5. The van der Waals surface area contributed by atoms with Gasteiger partial charge in [0.05, 0.1) is 0 Å². The number of nitrogens with two attached hydrogens (primary N) is 1. The van der Waals surface area contributed by atoms with E-state index in [9.17, 15) is 9.59 Å². The molecule has 0 spiro atoms. The Morgan fingerprint density at radius 1 is 1.08 bits per heavy atom. The fourth-order valence-corrected chi connectivity index (χ4v) is 2.70. The predicted molar refractivity (Wildman–Crippen MR) is 99.5 cm³/mol. The number of hydrogen-bond acceptors (Lipinski definition) is 3. The van der Waals surface area contributed by atoms with E-state index in [0.29, 0.717) is 23.5 Å². The predicted octanol–water partition coefficient (Wildman–Crippen LogP) is 3.06. The summed E-state index contributed by atoms with van der Waals surface area (Å²) in [7, 11) is 0. The minimum absolute atomic E-state index is 0.304. The summed E-state index contributed by atoms with van der Waals surface area (Å²) in [5.74, 6) is -0.336. The van der Waals surface area contributed by atoms with Crippen molar-refractivity contribution in [3.05, 3.63) is 87.7 Å². The molecule has 3 aromatic rings. The first-order valence-electron chi connectivity index (χ1n) is 7.97. The molecule has 0 bridgehead atoms. The summed E-state index contributed by atoms with van der Waals surface area (Å²) in [6, 6.07) is 18.0. The molecule has 1 amide bonds. The average molecular weight is 333 g/mol. The number of aromatic amines is 1. The number of benzene rings is 2. The first kappa shape index (κ1) is 16.7. The van der Waals surface area contributed by atoms with E-state index in [0.717, 1.165) is 16.7 Å². The molecule has 4 N–H and O–H groups in total. The van der Waals surface area contributed by atoms with Gasteiger partial charge in [0.15, 0.2) is 0 Å². The van der Waals surface area contributed by atoms with Gasteiger partial charge in [-0.25, -0.2) is 0 Å². The Morgan fingerprint density at radius 2 is 1.84 bits per heavy atom. The van der Waals surface area contributed by atoms with Crippen LogP contribution in [0.2, 0.25) is 0 Å². The van der Waals surface area contributed by atoms with Crippen molar-refractivity contribution >= 4 is 11.6 Å². The third-order valence-corrected chi connectivity index (χ3v) is 3.82. The first-order chi connectivity index (χ1) is 12.0. The van der Waals surface area contributed by atoms with Crippen LogP contribution in [-0.2, 0) is 6.54 Å². The molecule has 0 saturated heterocycles. The van der Waals surface area contributed by atoms with E-state index in [-0.39, 0.29) is 11.5 Å². The van der Waals surface area contributed by atoms with Crippen LogP contribution in [0.3, 0.4) is 0 Å². The number of hydrogen-bond donors (Lipinski definition) is 3. The molecule has 0 aliphatic rings. The lowest BCUT2D eigenvalue weighted by Crippen LogP contribution is -2.17. The van der Waals surface area contributed by atoms with E-state index < -0.39 is 0 Å². The molecule has 5 nitrogen and oxygen atoms in total. The van der Waals surface area contributed by atoms with Gasteiger partial charge in [0, 0.05) is 29.6 Å². The number of pyridine rings is 1. The second-order valence-electron chi connectivity index (χ2n) is 5.88. The van der Waals surface area contributed by atoms with E-state index in [2.05, 4.69) is 10.3 Å². The smallest absolute Gasteiger partial charge is 0.255 e. The molecule has 25 heavy (non-hydrogen) atoms. The van der Waals surface area contributed by atoms with Crippen LogP contribution in [0, 0.1) is 6.92 Å². The average Bonchev–Trinajstić information content (AvgIpc) is 2.61. The summed E-state index contributed by atoms with van der Waals surface area (Å²) in [4.78, 5) is 27.3. The number of rotatable bonds is 4. The maximum absolute atomic E-state index is 12.6. The van der Waals surface area contributed by atoms with Crippen LogP contribution in [-0.4, -0.2) is 10.9 Å². The molecule has 126 valence electrons. The SMILES string of the molecule is Cc1cc(CN)cc(NC(=O)c2cc(-c3ccccc3)[nH]c(=O)c2)c1. The van der Waals surface area contributed by atoms with E-state index in [4.69, 9.17) is 5.73 Å². The van der Waals surface area contributed by atoms with Gasteiger partial charge >= 0.3 is 0 Å². The Kier molecular flexibility index (Phi) is 4.77. The van der Waals surface area contributed by atoms with Gasteiger partial charge in [0.25, 0.3) is 5.91 Å². The van der Waals surface area contributed by atoms with Crippen molar-refractivity contribution in [2.75, 3.05) is 5.32 Å². The van der Waals surface area contributed by atoms with Crippen molar-refractivity contribution in [1.29, 1.82) is 0 Å². The van der Waals surface area contributed by atoms with Crippen LogP contribution < -0.4 is 16.6 Å². The summed E-state index contributed by atoms with van der Waals surface area (Å²) in [6.45, 7) is 2.34. The van der Waals surface area contributed by atoms with Gasteiger partial charge < -0.3 is 16.0 Å². The summed E-state index contributed by atoms with van der Waals surface area (Å²) < 4.78 is 0. The Bertz CT molecular complexity index is 962. The molecule has 1 heterocycles. The van der Waals surface area contributed by atoms with Crippen LogP contribution in [0.4, 0.5) is 5.69 Å². The standard InChI is InChI=1S/C20H19N3O2/c1-13-7-14(12-21)9-17(8-13)22-20(25)16-10-18(23-19(24)11-16)15-5-3-2-4-6-15/h2-11H,12,21H2,1H3,(H,22,25)(H,23,24). The number of carbonyl (C=O) groups is 1. The molecule has 0 aliphatic carbocycles. The van der Waals surface area contributed by atoms with E-state index >= 15 is 0 Å². The molecule has 0 saturated carbocycles. The lowest BCUT2D eigenvalue weighted by atomic mass is 10.1. The third-order valence-electron chi connectivity index (χ3n) is 3.82. The fourth-order valence-electron chi connectivity index (χ4n) is 2.70. The number of aromatic nitrogens is 1. The molecule has 0 aliphatic heterocycles. The largest absolute Gasteiger partial charge is 0.326 e. The second kappa shape index (κ2) is 7.15. The van der Waals surface area contributed by atoms with Crippen LogP contribution in [0.15, 0.2) is 65.5 Å². The zero-order valence-corrected chi connectivity index (χ0v) is 13.9. The topological polar surface area (TPSA) is 88.0 Å². The zero-order valence-electron chi connectivity index (χ0n) is 13.9. The Morgan fingerprint density at radius 3 is 2.56 bits per heavy atom. The number of carbonyl (C=O) groups excluding carboxylic acids is 1. The fraction of sp³-hybridized carbons (Fsp3) is 0.100. The second-order valence-corrected chi connectivity index (χ2v) is 5.88. The highest BCUT2D eigenvalue weighted by Gasteiger charge is 2.10. The monoisotopic (exact) mass is 333 g/mol. The highest BCUT2D eigenvalue weighted by molar-refractivity contribution is 6.04. The van der Waals surface area contributed by atoms with Crippen LogP contribution in [0.25, 0.3) is 11.3 Å². The minimum Gasteiger partial charge on any atom is -0.326 e. The van der Waals surface area contributed by atoms with Gasteiger partial charge in [0.2, 0.25) is 5.56 Å². The summed E-state index contributed by atoms with van der Waals surface area (Å²) in [5.41, 5.74) is 9.71. The van der Waals surface area contributed by atoms with Crippen molar-refractivity contribution in [1.82, 2.24) is 4.98 Å². The molecule has 5 heteroatoms. The molecule has 2 aromatic carbocycles. The van der Waals surface area contributed by atoms with E-state index in [1.165, 1.54) is 6.07 Å². The number of aryl methyl sites for hydroxylation is 1. The molecular weight excluding hydrogens is 314 g/mol. The number of amides is 1. The summed E-state index contributed by atoms with van der Waals surface area (Å²) >= 11 is 0.